The maximum atomic E-state index is 12.4. The summed E-state index contributed by atoms with van der Waals surface area (Å²) in [5.41, 5.74) is 3.53. The second-order valence-corrected chi connectivity index (χ2v) is 21.4. The monoisotopic (exact) mass is 625 g/mol. The number of hydrogen-bond acceptors (Lipinski definition) is 7. The van der Waals surface area contributed by atoms with E-state index in [-0.39, 0.29) is 16.9 Å². The average Bonchev–Trinajstić information content (AvgIpc) is 3.61. The van der Waals surface area contributed by atoms with Crippen LogP contribution in [0, 0.1) is 0 Å². The van der Waals surface area contributed by atoms with Crippen LogP contribution in [0.25, 0.3) is 27.9 Å². The Labute approximate surface area is 254 Å². The smallest absolute Gasteiger partial charge is 0.407 e. The van der Waals surface area contributed by atoms with Crippen molar-refractivity contribution in [3.8, 4) is 11.3 Å². The third-order valence-electron chi connectivity index (χ3n) is 7.72. The van der Waals surface area contributed by atoms with Crippen LogP contribution < -0.4 is 5.32 Å². The molecule has 3 heterocycles. The molecule has 232 valence electrons. The number of benzene rings is 1. The Morgan fingerprint density at radius 2 is 1.86 bits per heavy atom. The fourth-order valence-electron chi connectivity index (χ4n) is 5.59. The predicted octanol–water partition coefficient (Wildman–Crippen LogP) is 6.23. The Balaban J connectivity index is 1.53. The summed E-state index contributed by atoms with van der Waals surface area (Å²) in [5.74, 6) is 1.06. The van der Waals surface area contributed by atoms with Crippen LogP contribution in [0.2, 0.25) is 25.7 Å². The first-order valence-corrected chi connectivity index (χ1v) is 20.4. The number of aromatic nitrogens is 4. The number of amides is 1. The van der Waals surface area contributed by atoms with Crippen LogP contribution in [0.15, 0.2) is 47.6 Å². The van der Waals surface area contributed by atoms with Gasteiger partial charge >= 0.3 is 6.09 Å². The minimum atomic E-state index is -3.39. The van der Waals surface area contributed by atoms with Gasteiger partial charge in [-0.2, -0.15) is 0 Å². The molecule has 1 saturated carbocycles. The number of hydrogen-bond donors (Lipinski definition) is 1. The molecule has 5 rings (SSSR count). The van der Waals surface area contributed by atoms with Gasteiger partial charge in [0, 0.05) is 32.9 Å². The molecule has 1 N–H and O–H groups in total. The summed E-state index contributed by atoms with van der Waals surface area (Å²) in [6.45, 7) is 13.5. The number of carbonyl (C=O) groups excluding carboxylic acids is 1. The molecule has 1 fully saturated rings. The third-order valence-corrected chi connectivity index (χ3v) is 10.5. The first kappa shape index (κ1) is 31.2. The van der Waals surface area contributed by atoms with Crippen molar-refractivity contribution >= 4 is 40.7 Å². The second-order valence-electron chi connectivity index (χ2n) is 13.8. The third kappa shape index (κ3) is 7.30. The Morgan fingerprint density at radius 1 is 1.12 bits per heavy atom. The van der Waals surface area contributed by atoms with Crippen LogP contribution in [0.3, 0.4) is 0 Å². The van der Waals surface area contributed by atoms with Gasteiger partial charge in [0.1, 0.15) is 18.2 Å². The number of nitrogens with zero attached hydrogens (tertiary/aromatic N) is 4. The molecule has 1 aliphatic carbocycles. The van der Waals surface area contributed by atoms with Crippen molar-refractivity contribution < 1.29 is 22.7 Å². The van der Waals surface area contributed by atoms with Crippen molar-refractivity contribution in [2.75, 3.05) is 12.9 Å². The van der Waals surface area contributed by atoms with Gasteiger partial charge in [0.15, 0.2) is 15.5 Å². The van der Waals surface area contributed by atoms with Gasteiger partial charge in [-0.15, -0.1) is 0 Å². The molecule has 4 aromatic rings. The summed E-state index contributed by atoms with van der Waals surface area (Å²) < 4.78 is 40.6. The molecule has 43 heavy (non-hydrogen) atoms. The maximum absolute atomic E-state index is 12.4. The first-order chi connectivity index (χ1) is 20.1. The molecule has 1 amide bonds. The number of sulfone groups is 1. The first-order valence-electron chi connectivity index (χ1n) is 14.8. The molecule has 3 aromatic heterocycles. The van der Waals surface area contributed by atoms with E-state index in [9.17, 15) is 13.2 Å². The summed E-state index contributed by atoms with van der Waals surface area (Å²) in [6.07, 6.45) is 6.95. The quantitative estimate of drug-likeness (QED) is 0.173. The fraction of sp³-hybridized carbons (Fsp3) is 0.516. The normalized spacial score (nSPS) is 18.0. The Kier molecular flexibility index (Phi) is 8.49. The van der Waals surface area contributed by atoms with Crippen molar-refractivity contribution in [2.24, 2.45) is 0 Å². The van der Waals surface area contributed by atoms with Crippen molar-refractivity contribution in [3.05, 3.63) is 48.5 Å². The lowest BCUT2D eigenvalue weighted by molar-refractivity contribution is 0.0505. The standard InChI is InChI=1S/C31H43N5O5SSi/c1-31(2,3)41-30(37)34-23-12-11-22(15-23)28-32-18-24-19-33-29-27(36(24)28)17-26(35(29)20-40-13-14-43(5,6)7)21-9-8-10-25(16-21)42(4,38)39/h8-10,16-19,22-23H,11-15,20H2,1-7H3,(H,34,37)/t22-,23+/m1/s1. The average molecular weight is 626 g/mol. The van der Waals surface area contributed by atoms with Gasteiger partial charge in [0.05, 0.1) is 34.0 Å². The zero-order chi connectivity index (χ0) is 31.2. The van der Waals surface area contributed by atoms with Crippen LogP contribution in [0.1, 0.15) is 51.8 Å². The molecule has 2 atom stereocenters. The van der Waals surface area contributed by atoms with Crippen LogP contribution in [-0.4, -0.2) is 66.0 Å². The van der Waals surface area contributed by atoms with Gasteiger partial charge in [-0.25, -0.2) is 23.2 Å². The molecular weight excluding hydrogens is 583 g/mol. The van der Waals surface area contributed by atoms with E-state index in [1.54, 1.807) is 18.2 Å². The molecule has 0 bridgehead atoms. The molecular formula is C31H43N5O5SSi. The zero-order valence-corrected chi connectivity index (χ0v) is 28.0. The summed E-state index contributed by atoms with van der Waals surface area (Å²) in [4.78, 5) is 22.3. The Morgan fingerprint density at radius 3 is 2.56 bits per heavy atom. The topological polar surface area (TPSA) is 117 Å². The summed E-state index contributed by atoms with van der Waals surface area (Å²) in [6, 6.07) is 10.1. The lowest BCUT2D eigenvalue weighted by Gasteiger charge is -2.21. The van der Waals surface area contributed by atoms with E-state index >= 15 is 0 Å². The summed E-state index contributed by atoms with van der Waals surface area (Å²) in [7, 11) is -4.67. The van der Waals surface area contributed by atoms with E-state index in [4.69, 9.17) is 19.4 Å². The number of alkyl carbamates (subject to hydrolysis) is 1. The highest BCUT2D eigenvalue weighted by Gasteiger charge is 2.32. The molecule has 0 radical (unpaired) electrons. The highest BCUT2D eigenvalue weighted by atomic mass is 32.2. The highest BCUT2D eigenvalue weighted by molar-refractivity contribution is 7.90. The molecule has 10 nitrogen and oxygen atoms in total. The minimum Gasteiger partial charge on any atom is -0.444 e. The van der Waals surface area contributed by atoms with E-state index in [1.165, 1.54) is 6.26 Å². The number of carbonyl (C=O) groups is 1. The van der Waals surface area contributed by atoms with Gasteiger partial charge in [0.25, 0.3) is 0 Å². The Bertz CT molecular complexity index is 1750. The van der Waals surface area contributed by atoms with Crippen LogP contribution in [0.5, 0.6) is 0 Å². The van der Waals surface area contributed by atoms with E-state index in [0.717, 1.165) is 59.1 Å². The lowest BCUT2D eigenvalue weighted by atomic mass is 10.1. The van der Waals surface area contributed by atoms with E-state index in [0.29, 0.717) is 13.3 Å². The number of fused-ring (bicyclic) bond motifs is 3. The lowest BCUT2D eigenvalue weighted by Crippen LogP contribution is -2.37. The molecule has 0 unspecified atom stereocenters. The molecule has 1 aliphatic rings. The van der Waals surface area contributed by atoms with Crippen LogP contribution in [-0.2, 0) is 26.0 Å². The SMILES string of the molecule is CC(C)(C)OC(=O)N[C@H]1CC[C@@H](c2ncc3cnc4c(cc(-c5cccc(S(C)(=O)=O)c5)n4COCC[Si](C)(C)C)n23)C1. The van der Waals surface area contributed by atoms with E-state index in [2.05, 4.69) is 35.4 Å². The number of nitrogens with one attached hydrogen (secondary N) is 1. The van der Waals surface area contributed by atoms with Gasteiger partial charge < -0.3 is 19.4 Å². The van der Waals surface area contributed by atoms with Crippen LogP contribution in [0.4, 0.5) is 4.79 Å². The highest BCUT2D eigenvalue weighted by Crippen LogP contribution is 2.37. The van der Waals surface area contributed by atoms with Crippen molar-refractivity contribution in [1.29, 1.82) is 0 Å². The molecule has 0 aliphatic heterocycles. The fourth-order valence-corrected chi connectivity index (χ4v) is 7.01. The zero-order valence-electron chi connectivity index (χ0n) is 26.2. The van der Waals surface area contributed by atoms with Crippen molar-refractivity contribution in [1.82, 2.24) is 24.3 Å². The van der Waals surface area contributed by atoms with Crippen LogP contribution >= 0.6 is 0 Å². The molecule has 0 saturated heterocycles. The van der Waals surface area contributed by atoms with E-state index in [1.807, 2.05) is 43.8 Å². The van der Waals surface area contributed by atoms with Gasteiger partial charge in [-0.1, -0.05) is 31.8 Å². The largest absolute Gasteiger partial charge is 0.444 e. The number of ether oxygens (including phenoxy) is 2. The number of rotatable bonds is 9. The number of imidazole rings is 1. The summed E-state index contributed by atoms with van der Waals surface area (Å²) >= 11 is 0. The maximum Gasteiger partial charge on any atom is 0.407 e. The van der Waals surface area contributed by atoms with E-state index < -0.39 is 29.6 Å². The van der Waals surface area contributed by atoms with Gasteiger partial charge in [-0.3, -0.25) is 4.40 Å². The van der Waals surface area contributed by atoms with Gasteiger partial charge in [0.2, 0.25) is 0 Å². The van der Waals surface area contributed by atoms with Crippen molar-refractivity contribution in [3.63, 3.8) is 0 Å². The minimum absolute atomic E-state index is 0.00295. The second kappa shape index (κ2) is 11.7. The Hall–Kier alpha value is -3.22. The van der Waals surface area contributed by atoms with Crippen molar-refractivity contribution in [2.45, 2.75) is 94.9 Å². The predicted molar refractivity (Wildman–Crippen MR) is 171 cm³/mol. The molecule has 12 heteroatoms. The van der Waals surface area contributed by atoms with Gasteiger partial charge in [-0.05, 0) is 69.8 Å². The summed E-state index contributed by atoms with van der Waals surface area (Å²) in [5, 5.41) is 3.03. The molecule has 1 aromatic carbocycles. The molecule has 0 spiro atoms.